The normalized spacial score (nSPS) is 10.4. The Hall–Kier alpha value is -1.84. The topological polar surface area (TPSA) is 51.0 Å². The molecule has 2 rings (SSSR count). The summed E-state index contributed by atoms with van der Waals surface area (Å²) in [5, 5.41) is 11.0. The summed E-state index contributed by atoms with van der Waals surface area (Å²) in [6.45, 7) is 6.50. The van der Waals surface area contributed by atoms with Crippen LogP contribution >= 0.6 is 0 Å². The molecule has 0 fully saturated rings. The van der Waals surface area contributed by atoms with Crippen LogP contribution in [0.5, 0.6) is 0 Å². The van der Waals surface area contributed by atoms with Gasteiger partial charge in [0, 0.05) is 12.6 Å². The first-order chi connectivity index (χ1) is 7.63. The van der Waals surface area contributed by atoms with Crippen LogP contribution in [0.3, 0.4) is 0 Å². The molecule has 16 heavy (non-hydrogen) atoms. The largest absolute Gasteiger partial charge is 0.424 e. The zero-order valence-electron chi connectivity index (χ0n) is 9.74. The molecule has 0 saturated carbocycles. The zero-order chi connectivity index (χ0) is 11.5. The van der Waals surface area contributed by atoms with Crippen LogP contribution in [0.4, 0.5) is 5.69 Å². The van der Waals surface area contributed by atoms with E-state index in [9.17, 15) is 0 Å². The van der Waals surface area contributed by atoms with E-state index < -0.39 is 0 Å². The Morgan fingerprint density at radius 2 is 1.75 bits per heavy atom. The highest BCUT2D eigenvalue weighted by Gasteiger charge is 2.02. The Bertz CT molecular complexity index is 471. The Balaban J connectivity index is 2.04. The van der Waals surface area contributed by atoms with Gasteiger partial charge in [0.05, 0.1) is 6.54 Å². The Labute approximate surface area is 94.7 Å². The van der Waals surface area contributed by atoms with Crippen LogP contribution in [0.25, 0.3) is 0 Å². The average Bonchev–Trinajstić information content (AvgIpc) is 2.60. The summed E-state index contributed by atoms with van der Waals surface area (Å²) in [5.41, 5.74) is 3.56. The lowest BCUT2D eigenvalue weighted by molar-refractivity contribution is 0.475. The minimum Gasteiger partial charge on any atom is -0.424 e. The quantitative estimate of drug-likeness (QED) is 0.858. The Morgan fingerprint density at radius 3 is 2.31 bits per heavy atom. The van der Waals surface area contributed by atoms with Crippen LogP contribution in [-0.4, -0.2) is 10.2 Å². The van der Waals surface area contributed by atoms with Crippen molar-refractivity contribution in [2.45, 2.75) is 27.3 Å². The monoisotopic (exact) mass is 217 g/mol. The predicted octanol–water partition coefficient (Wildman–Crippen LogP) is 2.61. The molecule has 84 valence electrons. The van der Waals surface area contributed by atoms with Crippen LogP contribution in [0.15, 0.2) is 22.6 Å². The van der Waals surface area contributed by atoms with Gasteiger partial charge in [-0.3, -0.25) is 0 Å². The maximum absolute atomic E-state index is 5.28. The van der Waals surface area contributed by atoms with E-state index in [1.807, 2.05) is 0 Å². The van der Waals surface area contributed by atoms with Gasteiger partial charge in [-0.25, -0.2) is 0 Å². The smallest absolute Gasteiger partial charge is 0.235 e. The molecule has 0 spiro atoms. The van der Waals surface area contributed by atoms with Crippen molar-refractivity contribution < 1.29 is 4.42 Å². The number of aromatic nitrogens is 2. The molecule has 0 saturated heterocycles. The lowest BCUT2D eigenvalue weighted by atomic mass is 10.1. The molecule has 1 heterocycles. The van der Waals surface area contributed by atoms with Gasteiger partial charge < -0.3 is 9.73 Å². The van der Waals surface area contributed by atoms with Gasteiger partial charge in [0.25, 0.3) is 0 Å². The summed E-state index contributed by atoms with van der Waals surface area (Å²) < 4.78 is 5.28. The highest BCUT2D eigenvalue weighted by molar-refractivity contribution is 5.48. The first kappa shape index (κ1) is 10.7. The van der Waals surface area contributed by atoms with E-state index in [2.05, 4.69) is 47.6 Å². The minimum atomic E-state index is 0.559. The molecule has 0 bridgehead atoms. The van der Waals surface area contributed by atoms with Crippen molar-refractivity contribution in [3.05, 3.63) is 41.1 Å². The minimum absolute atomic E-state index is 0.559. The van der Waals surface area contributed by atoms with Crippen molar-refractivity contribution in [1.29, 1.82) is 0 Å². The molecule has 2 aromatic rings. The van der Waals surface area contributed by atoms with E-state index in [0.29, 0.717) is 18.3 Å². The summed E-state index contributed by atoms with van der Waals surface area (Å²) in [6, 6.07) is 6.33. The lowest BCUT2D eigenvalue weighted by Gasteiger charge is -2.06. The van der Waals surface area contributed by atoms with Crippen molar-refractivity contribution in [2.75, 3.05) is 5.32 Å². The van der Waals surface area contributed by atoms with Gasteiger partial charge in [-0.1, -0.05) is 6.07 Å². The van der Waals surface area contributed by atoms with Crippen molar-refractivity contribution >= 4 is 5.69 Å². The molecule has 0 unspecified atom stereocenters. The molecule has 1 N–H and O–H groups in total. The molecule has 0 aliphatic carbocycles. The number of nitrogens with one attached hydrogen (secondary N) is 1. The van der Waals surface area contributed by atoms with Crippen LogP contribution in [0.1, 0.15) is 22.9 Å². The maximum Gasteiger partial charge on any atom is 0.235 e. The molecule has 4 nitrogen and oxygen atoms in total. The molecule has 1 aromatic heterocycles. The molecule has 0 atom stereocenters. The predicted molar refractivity (Wildman–Crippen MR) is 62.3 cm³/mol. The van der Waals surface area contributed by atoms with Crippen molar-refractivity contribution in [3.63, 3.8) is 0 Å². The number of hydrogen-bond acceptors (Lipinski definition) is 4. The fourth-order valence-corrected chi connectivity index (χ4v) is 1.66. The second-order valence-electron chi connectivity index (χ2n) is 3.94. The molecular weight excluding hydrogens is 202 g/mol. The van der Waals surface area contributed by atoms with Crippen molar-refractivity contribution in [1.82, 2.24) is 10.2 Å². The van der Waals surface area contributed by atoms with E-state index in [1.165, 1.54) is 11.1 Å². The summed E-state index contributed by atoms with van der Waals surface area (Å²) in [5.74, 6) is 1.20. The average molecular weight is 217 g/mol. The Kier molecular flexibility index (Phi) is 2.90. The lowest BCUT2D eigenvalue weighted by Crippen LogP contribution is -2.00. The van der Waals surface area contributed by atoms with E-state index in [1.54, 1.807) is 6.92 Å². The van der Waals surface area contributed by atoms with Crippen LogP contribution in [-0.2, 0) is 6.54 Å². The van der Waals surface area contributed by atoms with Gasteiger partial charge in [0.2, 0.25) is 11.8 Å². The number of anilines is 1. The third-order valence-corrected chi connectivity index (χ3v) is 2.23. The number of rotatable bonds is 3. The number of nitrogens with zero attached hydrogens (tertiary/aromatic N) is 2. The van der Waals surface area contributed by atoms with Crippen LogP contribution < -0.4 is 5.32 Å². The van der Waals surface area contributed by atoms with Crippen LogP contribution in [0, 0.1) is 20.8 Å². The number of benzene rings is 1. The summed E-state index contributed by atoms with van der Waals surface area (Å²) >= 11 is 0. The Morgan fingerprint density at radius 1 is 1.06 bits per heavy atom. The summed E-state index contributed by atoms with van der Waals surface area (Å²) in [6.07, 6.45) is 0. The third-order valence-electron chi connectivity index (χ3n) is 2.23. The number of hydrogen-bond donors (Lipinski definition) is 1. The molecule has 0 amide bonds. The fraction of sp³-hybridized carbons (Fsp3) is 0.333. The zero-order valence-corrected chi connectivity index (χ0v) is 9.74. The third kappa shape index (κ3) is 2.59. The van der Waals surface area contributed by atoms with Gasteiger partial charge in [0.1, 0.15) is 0 Å². The second kappa shape index (κ2) is 4.35. The first-order valence-electron chi connectivity index (χ1n) is 5.24. The van der Waals surface area contributed by atoms with Gasteiger partial charge in [-0.05, 0) is 37.1 Å². The highest BCUT2D eigenvalue weighted by Crippen LogP contribution is 2.14. The van der Waals surface area contributed by atoms with Crippen LogP contribution in [0.2, 0.25) is 0 Å². The van der Waals surface area contributed by atoms with Gasteiger partial charge in [-0.2, -0.15) is 0 Å². The standard InChI is InChI=1S/C12H15N3O/c1-8-4-9(2)6-11(5-8)13-7-12-15-14-10(3)16-12/h4-6,13H,7H2,1-3H3. The molecule has 1 aromatic carbocycles. The second-order valence-corrected chi connectivity index (χ2v) is 3.94. The van der Waals surface area contributed by atoms with E-state index in [0.717, 1.165) is 5.69 Å². The van der Waals surface area contributed by atoms with Crippen molar-refractivity contribution in [2.24, 2.45) is 0 Å². The van der Waals surface area contributed by atoms with Gasteiger partial charge in [0.15, 0.2) is 0 Å². The summed E-state index contributed by atoms with van der Waals surface area (Å²) in [4.78, 5) is 0. The number of aryl methyl sites for hydroxylation is 3. The first-order valence-corrected chi connectivity index (χ1v) is 5.24. The fourth-order valence-electron chi connectivity index (χ4n) is 1.66. The highest BCUT2D eigenvalue weighted by atomic mass is 16.4. The molecule has 0 aliphatic heterocycles. The molecule has 0 aliphatic rings. The summed E-state index contributed by atoms with van der Waals surface area (Å²) in [7, 11) is 0. The van der Waals surface area contributed by atoms with E-state index in [4.69, 9.17) is 4.42 Å². The van der Waals surface area contributed by atoms with E-state index >= 15 is 0 Å². The van der Waals surface area contributed by atoms with E-state index in [-0.39, 0.29) is 0 Å². The molecule has 4 heteroatoms. The maximum atomic E-state index is 5.28. The molecule has 0 radical (unpaired) electrons. The SMILES string of the molecule is Cc1cc(C)cc(NCc2nnc(C)o2)c1. The molecular formula is C12H15N3O. The van der Waals surface area contributed by atoms with Crippen molar-refractivity contribution in [3.8, 4) is 0 Å². The van der Waals surface area contributed by atoms with Gasteiger partial charge >= 0.3 is 0 Å². The van der Waals surface area contributed by atoms with Gasteiger partial charge in [-0.15, -0.1) is 10.2 Å².